The van der Waals surface area contributed by atoms with Crippen molar-refractivity contribution in [2.24, 2.45) is 0 Å². The van der Waals surface area contributed by atoms with Gasteiger partial charge < -0.3 is 19.5 Å². The average Bonchev–Trinajstić information content (AvgIpc) is 2.88. The zero-order valence-electron chi connectivity index (χ0n) is 19.6. The van der Waals surface area contributed by atoms with Crippen molar-refractivity contribution in [3.8, 4) is 11.5 Å². The first kappa shape index (κ1) is 26.2. The third-order valence-electron chi connectivity index (χ3n) is 5.25. The zero-order chi connectivity index (χ0) is 26.6. The quantitative estimate of drug-likeness (QED) is 0.419. The predicted molar refractivity (Wildman–Crippen MR) is 134 cm³/mol. The molecule has 3 aromatic carbocycles. The monoisotopic (exact) mass is 548 g/mol. The summed E-state index contributed by atoms with van der Waals surface area (Å²) in [5, 5.41) is 2.69. The molecule has 0 radical (unpaired) electrons. The Kier molecular flexibility index (Phi) is 7.84. The Labute approximate surface area is 217 Å². The highest BCUT2D eigenvalue weighted by Crippen LogP contribution is 2.34. The number of benzene rings is 3. The Hall–Kier alpha value is -3.83. The van der Waals surface area contributed by atoms with Crippen LogP contribution in [0.3, 0.4) is 0 Å². The van der Waals surface area contributed by atoms with Crippen LogP contribution in [-0.2, 0) is 19.6 Å². The Morgan fingerprint density at radius 1 is 1.03 bits per heavy atom. The van der Waals surface area contributed by atoms with Crippen LogP contribution in [-0.4, -0.2) is 46.7 Å². The molecular weight excluding hydrogens is 527 g/mol. The van der Waals surface area contributed by atoms with Gasteiger partial charge in [0.2, 0.25) is 5.91 Å². The number of anilines is 2. The van der Waals surface area contributed by atoms with E-state index in [1.54, 1.807) is 6.92 Å². The van der Waals surface area contributed by atoms with E-state index in [0.29, 0.717) is 12.4 Å². The molecular formula is C25H22ClFN2O7S. The highest BCUT2D eigenvalue weighted by atomic mass is 35.5. The molecule has 0 aromatic heterocycles. The lowest BCUT2D eigenvalue weighted by atomic mass is 10.2. The lowest BCUT2D eigenvalue weighted by Crippen LogP contribution is -2.38. The molecule has 3 aromatic rings. The summed E-state index contributed by atoms with van der Waals surface area (Å²) in [6, 6.07) is 13.0. The second-order valence-electron chi connectivity index (χ2n) is 7.76. The van der Waals surface area contributed by atoms with Gasteiger partial charge in [-0.3, -0.25) is 9.10 Å². The van der Waals surface area contributed by atoms with Gasteiger partial charge >= 0.3 is 5.97 Å². The smallest absolute Gasteiger partial charge is 0.339 e. The minimum absolute atomic E-state index is 0.0422. The molecule has 0 unspecified atom stereocenters. The fraction of sp³-hybridized carbons (Fsp3) is 0.200. The van der Waals surface area contributed by atoms with E-state index >= 15 is 0 Å². The van der Waals surface area contributed by atoms with Crippen molar-refractivity contribution >= 4 is 44.9 Å². The average molecular weight is 549 g/mol. The number of hydrogen-bond acceptors (Lipinski definition) is 7. The molecule has 0 aliphatic carbocycles. The minimum atomic E-state index is -4.30. The topological polar surface area (TPSA) is 111 Å². The van der Waals surface area contributed by atoms with Gasteiger partial charge in [0.05, 0.1) is 27.8 Å². The van der Waals surface area contributed by atoms with E-state index in [4.69, 9.17) is 25.8 Å². The number of hydrogen-bond donors (Lipinski definition) is 1. The number of nitrogens with one attached hydrogen (secondary N) is 1. The molecule has 194 valence electrons. The van der Waals surface area contributed by atoms with E-state index < -0.39 is 34.3 Å². The molecule has 0 spiro atoms. The van der Waals surface area contributed by atoms with Crippen LogP contribution < -0.4 is 19.1 Å². The van der Waals surface area contributed by atoms with Crippen molar-refractivity contribution in [1.29, 1.82) is 0 Å². The normalized spacial score (nSPS) is 12.5. The van der Waals surface area contributed by atoms with Crippen LogP contribution in [0.25, 0.3) is 0 Å². The molecule has 0 saturated heterocycles. The van der Waals surface area contributed by atoms with Crippen LogP contribution in [0, 0.1) is 5.82 Å². The third kappa shape index (κ3) is 5.95. The maximum Gasteiger partial charge on any atom is 0.339 e. The molecule has 1 aliphatic heterocycles. The summed E-state index contributed by atoms with van der Waals surface area (Å²) < 4.78 is 57.6. The molecule has 9 nitrogen and oxygen atoms in total. The van der Waals surface area contributed by atoms with E-state index in [1.165, 1.54) is 48.5 Å². The first-order valence-corrected chi connectivity index (χ1v) is 13.0. The number of fused-ring (bicyclic) bond motifs is 1. The summed E-state index contributed by atoms with van der Waals surface area (Å²) in [6.07, 6.45) is 0. The molecule has 0 fully saturated rings. The molecule has 0 bridgehead atoms. The molecule has 0 atom stereocenters. The number of amides is 1. The van der Waals surface area contributed by atoms with Crippen molar-refractivity contribution in [2.45, 2.75) is 11.8 Å². The summed E-state index contributed by atoms with van der Waals surface area (Å²) >= 11 is 6.07. The summed E-state index contributed by atoms with van der Waals surface area (Å²) in [7, 11) is -4.30. The number of ether oxygens (including phenoxy) is 3. The summed E-state index contributed by atoms with van der Waals surface area (Å²) in [4.78, 5) is 25.0. The largest absolute Gasteiger partial charge is 0.486 e. The first-order valence-electron chi connectivity index (χ1n) is 11.1. The minimum Gasteiger partial charge on any atom is -0.486 e. The lowest BCUT2D eigenvalue weighted by Gasteiger charge is -2.25. The number of carbonyl (C=O) groups is 2. The van der Waals surface area contributed by atoms with Gasteiger partial charge in [0, 0.05) is 11.8 Å². The zero-order valence-corrected chi connectivity index (χ0v) is 21.1. The van der Waals surface area contributed by atoms with Crippen LogP contribution in [0.5, 0.6) is 11.5 Å². The molecule has 1 heterocycles. The molecule has 0 saturated carbocycles. The number of esters is 1. The Bertz CT molecular complexity index is 1430. The number of nitrogens with zero attached hydrogens (tertiary/aromatic N) is 1. The van der Waals surface area contributed by atoms with E-state index in [1.807, 2.05) is 0 Å². The molecule has 1 N–H and O–H groups in total. The second kappa shape index (κ2) is 11.1. The van der Waals surface area contributed by atoms with Crippen molar-refractivity contribution in [3.63, 3.8) is 0 Å². The van der Waals surface area contributed by atoms with Gasteiger partial charge in [-0.1, -0.05) is 11.6 Å². The molecule has 37 heavy (non-hydrogen) atoms. The first-order chi connectivity index (χ1) is 17.7. The summed E-state index contributed by atoms with van der Waals surface area (Å²) in [5.74, 6) is -1.31. The molecule has 1 aliphatic rings. The van der Waals surface area contributed by atoms with Crippen LogP contribution in [0.4, 0.5) is 15.8 Å². The predicted octanol–water partition coefficient (Wildman–Crippen LogP) is 4.26. The Morgan fingerprint density at radius 2 is 1.73 bits per heavy atom. The number of sulfonamides is 1. The summed E-state index contributed by atoms with van der Waals surface area (Å²) in [5.41, 5.74) is 0.309. The van der Waals surface area contributed by atoms with Crippen molar-refractivity contribution in [1.82, 2.24) is 0 Å². The van der Waals surface area contributed by atoms with Crippen LogP contribution >= 0.6 is 11.6 Å². The maximum atomic E-state index is 13.6. The standard InChI is InChI=1S/C25H22ClFN2O7S/c1-2-34-25(31)20-13-17(5-9-21(20)26)28-24(30)15-29(18-6-3-16(27)4-7-18)37(32,33)19-8-10-22-23(14-19)36-12-11-35-22/h3-10,13-14H,2,11-12,15H2,1H3,(H,28,30). The van der Waals surface area contributed by atoms with Gasteiger partial charge in [-0.25, -0.2) is 17.6 Å². The lowest BCUT2D eigenvalue weighted by molar-refractivity contribution is -0.114. The van der Waals surface area contributed by atoms with E-state index in [9.17, 15) is 22.4 Å². The number of halogens is 2. The fourth-order valence-corrected chi connectivity index (χ4v) is 5.16. The number of carbonyl (C=O) groups excluding carboxylic acids is 2. The van der Waals surface area contributed by atoms with Crippen molar-refractivity contribution in [2.75, 3.05) is 36.0 Å². The molecule has 1 amide bonds. The van der Waals surface area contributed by atoms with Crippen molar-refractivity contribution < 1.29 is 36.6 Å². The van der Waals surface area contributed by atoms with Gasteiger partial charge in [0.1, 0.15) is 25.6 Å². The van der Waals surface area contributed by atoms with Gasteiger partial charge in [-0.05, 0) is 61.5 Å². The molecule has 12 heteroatoms. The second-order valence-corrected chi connectivity index (χ2v) is 10.0. The van der Waals surface area contributed by atoms with Gasteiger partial charge in [-0.2, -0.15) is 0 Å². The van der Waals surface area contributed by atoms with E-state index in [2.05, 4.69) is 5.32 Å². The van der Waals surface area contributed by atoms with Gasteiger partial charge in [-0.15, -0.1) is 0 Å². The highest BCUT2D eigenvalue weighted by Gasteiger charge is 2.29. The van der Waals surface area contributed by atoms with E-state index in [0.717, 1.165) is 16.4 Å². The van der Waals surface area contributed by atoms with Crippen LogP contribution in [0.2, 0.25) is 5.02 Å². The Morgan fingerprint density at radius 3 is 2.43 bits per heavy atom. The third-order valence-corrected chi connectivity index (χ3v) is 7.35. The molecule has 4 rings (SSSR count). The fourth-order valence-electron chi connectivity index (χ4n) is 3.53. The highest BCUT2D eigenvalue weighted by molar-refractivity contribution is 7.92. The van der Waals surface area contributed by atoms with E-state index in [-0.39, 0.29) is 45.8 Å². The number of rotatable bonds is 8. The van der Waals surface area contributed by atoms with Crippen LogP contribution in [0.1, 0.15) is 17.3 Å². The van der Waals surface area contributed by atoms with Crippen LogP contribution in [0.15, 0.2) is 65.6 Å². The van der Waals surface area contributed by atoms with Gasteiger partial charge in [0.15, 0.2) is 11.5 Å². The SMILES string of the molecule is CCOC(=O)c1cc(NC(=O)CN(c2ccc(F)cc2)S(=O)(=O)c2ccc3c(c2)OCCO3)ccc1Cl. The maximum absolute atomic E-state index is 13.6. The summed E-state index contributed by atoms with van der Waals surface area (Å²) in [6.45, 7) is 1.72. The Balaban J connectivity index is 1.63. The van der Waals surface area contributed by atoms with Crippen molar-refractivity contribution in [3.05, 3.63) is 77.1 Å². The van der Waals surface area contributed by atoms with Gasteiger partial charge in [0.25, 0.3) is 10.0 Å².